The van der Waals surface area contributed by atoms with E-state index in [2.05, 4.69) is 0 Å². The van der Waals surface area contributed by atoms with Gasteiger partial charge in [-0.25, -0.2) is 0 Å². The summed E-state index contributed by atoms with van der Waals surface area (Å²) in [5.74, 6) is 0. The first kappa shape index (κ1) is 13.3. The summed E-state index contributed by atoms with van der Waals surface area (Å²) in [4.78, 5) is 19.1. The van der Waals surface area contributed by atoms with Gasteiger partial charge in [-0.3, -0.25) is 0 Å². The Morgan fingerprint density at radius 3 is 1.75 bits per heavy atom. The summed E-state index contributed by atoms with van der Waals surface area (Å²) in [5, 5.41) is 0. The Morgan fingerprint density at radius 1 is 1.00 bits per heavy atom. The maximum atomic E-state index is 9.56. The maximum absolute atomic E-state index is 9.56. The molecule has 92 valence electrons. The Morgan fingerprint density at radius 2 is 1.44 bits per heavy atom. The van der Waals surface area contributed by atoms with E-state index in [-0.39, 0.29) is 0 Å². The average molecular weight is 230 g/mol. The van der Waals surface area contributed by atoms with Crippen LogP contribution in [-0.4, -0.2) is 51.2 Å². The molecule has 0 bridgehead atoms. The Labute approximate surface area is 95.0 Å². The van der Waals surface area contributed by atoms with Gasteiger partial charge < -0.3 is 23.8 Å². The van der Waals surface area contributed by atoms with Gasteiger partial charge in [0.25, 0.3) is 0 Å². The van der Waals surface area contributed by atoms with Crippen LogP contribution in [0.2, 0.25) is 0 Å². The molecule has 2 saturated heterocycles. The molecule has 2 aliphatic heterocycles. The lowest BCUT2D eigenvalue weighted by molar-refractivity contribution is -0.108. The third kappa shape index (κ3) is 8.52. The van der Waals surface area contributed by atoms with Crippen molar-refractivity contribution in [3.8, 4) is 0 Å². The van der Waals surface area contributed by atoms with Crippen LogP contribution in [0.5, 0.6) is 0 Å². The molecule has 5 heteroatoms. The molecule has 0 saturated carbocycles. The molecule has 0 spiro atoms. The highest BCUT2D eigenvalue weighted by Crippen LogP contribution is 2.12. The second kappa shape index (κ2) is 8.38. The summed E-state index contributed by atoms with van der Waals surface area (Å²) >= 11 is 0. The van der Waals surface area contributed by atoms with E-state index >= 15 is 0 Å². The topological polar surface area (TPSA) is 68.4 Å². The summed E-state index contributed by atoms with van der Waals surface area (Å²) in [6, 6.07) is 0. The molecule has 2 aliphatic rings. The smallest absolute Gasteiger partial charge is 0.120 e. The van der Waals surface area contributed by atoms with Crippen LogP contribution >= 0.6 is 0 Å². The van der Waals surface area contributed by atoms with E-state index in [1.165, 1.54) is 0 Å². The van der Waals surface area contributed by atoms with Gasteiger partial charge in [0.15, 0.2) is 0 Å². The minimum atomic E-state index is 0.392. The van der Waals surface area contributed by atoms with Gasteiger partial charge in [-0.05, 0) is 6.42 Å². The maximum Gasteiger partial charge on any atom is 0.120 e. The molecular weight excluding hydrogens is 212 g/mol. The van der Waals surface area contributed by atoms with E-state index in [4.69, 9.17) is 14.2 Å². The number of hydrogen-bond acceptors (Lipinski definition) is 5. The van der Waals surface area contributed by atoms with E-state index in [1.54, 1.807) is 0 Å². The van der Waals surface area contributed by atoms with E-state index in [1.807, 2.05) is 0 Å². The molecule has 0 radical (unpaired) electrons. The van der Waals surface area contributed by atoms with Crippen molar-refractivity contribution in [1.29, 1.82) is 0 Å². The van der Waals surface area contributed by atoms with Crippen molar-refractivity contribution in [1.82, 2.24) is 0 Å². The van der Waals surface area contributed by atoms with Crippen molar-refractivity contribution in [2.45, 2.75) is 31.5 Å². The molecule has 5 nitrogen and oxygen atoms in total. The zero-order valence-corrected chi connectivity index (χ0v) is 9.30. The highest BCUT2D eigenvalue weighted by atomic mass is 16.6. The van der Waals surface area contributed by atoms with Gasteiger partial charge in [0.2, 0.25) is 0 Å². The first-order valence-corrected chi connectivity index (χ1v) is 5.55. The molecule has 0 aromatic carbocycles. The number of ether oxygens (including phenoxy) is 3. The van der Waals surface area contributed by atoms with E-state index in [9.17, 15) is 9.59 Å². The molecule has 2 fully saturated rings. The normalized spacial score (nSPS) is 25.2. The third-order valence-corrected chi connectivity index (χ3v) is 2.06. The molecule has 0 amide bonds. The van der Waals surface area contributed by atoms with Crippen LogP contribution in [-0.2, 0) is 23.8 Å². The molecule has 0 aliphatic carbocycles. The number of carbonyl (C=O) groups excluding carboxylic acids is 2. The van der Waals surface area contributed by atoms with Gasteiger partial charge in [0, 0.05) is 12.8 Å². The van der Waals surface area contributed by atoms with Crippen molar-refractivity contribution in [3.63, 3.8) is 0 Å². The van der Waals surface area contributed by atoms with Gasteiger partial charge in [0.1, 0.15) is 24.8 Å². The summed E-state index contributed by atoms with van der Waals surface area (Å²) in [5.41, 5.74) is 0. The Kier molecular flexibility index (Phi) is 6.96. The Hall–Kier alpha value is -0.780. The highest BCUT2D eigenvalue weighted by Gasteiger charge is 2.26. The molecule has 2 unspecified atom stereocenters. The van der Waals surface area contributed by atoms with E-state index < -0.39 is 0 Å². The SMILES string of the molecule is C(OCC1CO1)C1CO1.O=CCCCC=O. The Balaban J connectivity index is 0.000000168. The zero-order chi connectivity index (χ0) is 11.6. The molecule has 0 aromatic rings. The van der Waals surface area contributed by atoms with Crippen molar-refractivity contribution in [2.75, 3.05) is 26.4 Å². The van der Waals surface area contributed by atoms with Gasteiger partial charge in [-0.2, -0.15) is 0 Å². The third-order valence-electron chi connectivity index (χ3n) is 2.06. The summed E-state index contributed by atoms with van der Waals surface area (Å²) in [6.45, 7) is 3.26. The first-order chi connectivity index (χ1) is 7.86. The van der Waals surface area contributed by atoms with Gasteiger partial charge in [0.05, 0.1) is 26.4 Å². The van der Waals surface area contributed by atoms with E-state index in [0.717, 1.165) is 39.0 Å². The van der Waals surface area contributed by atoms with Crippen LogP contribution in [0, 0.1) is 0 Å². The lowest BCUT2D eigenvalue weighted by Crippen LogP contribution is -2.06. The predicted octanol–water partition coefficient (Wildman–Crippen LogP) is 0.355. The lowest BCUT2D eigenvalue weighted by atomic mass is 10.3. The van der Waals surface area contributed by atoms with Gasteiger partial charge in [-0.1, -0.05) is 0 Å². The first-order valence-electron chi connectivity index (χ1n) is 5.55. The summed E-state index contributed by atoms with van der Waals surface area (Å²) in [7, 11) is 0. The molecule has 0 N–H and O–H groups in total. The number of unbranched alkanes of at least 4 members (excludes halogenated alkanes) is 2. The quantitative estimate of drug-likeness (QED) is 0.342. The van der Waals surface area contributed by atoms with Crippen molar-refractivity contribution < 1.29 is 23.8 Å². The van der Waals surface area contributed by atoms with Crippen LogP contribution in [0.4, 0.5) is 0 Å². The number of carbonyl (C=O) groups is 2. The van der Waals surface area contributed by atoms with Crippen molar-refractivity contribution in [2.24, 2.45) is 0 Å². The molecule has 2 rings (SSSR count). The molecule has 2 heterocycles. The minimum Gasteiger partial charge on any atom is -0.376 e. The predicted molar refractivity (Wildman–Crippen MR) is 56.3 cm³/mol. The molecular formula is C11H18O5. The molecule has 2 atom stereocenters. The van der Waals surface area contributed by atoms with Crippen LogP contribution in [0.1, 0.15) is 19.3 Å². The van der Waals surface area contributed by atoms with Crippen molar-refractivity contribution >= 4 is 12.6 Å². The second-order valence-corrected chi connectivity index (χ2v) is 3.71. The summed E-state index contributed by atoms with van der Waals surface area (Å²) < 4.78 is 15.1. The fraction of sp³-hybridized carbons (Fsp3) is 0.818. The van der Waals surface area contributed by atoms with E-state index in [0.29, 0.717) is 31.5 Å². The van der Waals surface area contributed by atoms with Crippen LogP contribution in [0.15, 0.2) is 0 Å². The monoisotopic (exact) mass is 230 g/mol. The number of epoxide rings is 2. The van der Waals surface area contributed by atoms with Crippen LogP contribution in [0.3, 0.4) is 0 Å². The minimum absolute atomic E-state index is 0.392. The highest BCUT2D eigenvalue weighted by molar-refractivity contribution is 5.52. The fourth-order valence-corrected chi connectivity index (χ4v) is 0.944. The van der Waals surface area contributed by atoms with Crippen LogP contribution < -0.4 is 0 Å². The average Bonchev–Trinajstić information content (AvgIpc) is 3.14. The molecule has 16 heavy (non-hydrogen) atoms. The second-order valence-electron chi connectivity index (χ2n) is 3.71. The van der Waals surface area contributed by atoms with Crippen molar-refractivity contribution in [3.05, 3.63) is 0 Å². The van der Waals surface area contributed by atoms with Gasteiger partial charge >= 0.3 is 0 Å². The standard InChI is InChI=1S/C6H10O3.C5H8O2/c1(5-3-8-5)7-2-6-4-9-6;6-4-2-1-3-5-7/h5-6H,1-4H2;4-5H,1-3H2. The molecule has 0 aromatic heterocycles. The number of aldehydes is 2. The number of rotatable bonds is 8. The Bertz CT molecular complexity index is 179. The van der Waals surface area contributed by atoms with Gasteiger partial charge in [-0.15, -0.1) is 0 Å². The summed E-state index contributed by atoms with van der Waals surface area (Å²) in [6.07, 6.45) is 4.16. The zero-order valence-electron chi connectivity index (χ0n) is 9.30. The fourth-order valence-electron chi connectivity index (χ4n) is 0.944. The lowest BCUT2D eigenvalue weighted by Gasteiger charge is -1.95. The number of hydrogen-bond donors (Lipinski definition) is 0. The van der Waals surface area contributed by atoms with Crippen LogP contribution in [0.25, 0.3) is 0 Å². The largest absolute Gasteiger partial charge is 0.376 e.